The molecule has 4 rings (SSSR count). The molecule has 0 radical (unpaired) electrons. The Morgan fingerprint density at radius 3 is 3.06 bits per heavy atom. The Labute approximate surface area is 188 Å². The number of nitrogens with one attached hydrogen (secondary N) is 1. The van der Waals surface area contributed by atoms with E-state index in [1.165, 1.54) is 35.2 Å². The first-order valence-electron chi connectivity index (χ1n) is 9.79. The Hall–Kier alpha value is -2.98. The van der Waals surface area contributed by atoms with Crippen molar-refractivity contribution in [3.05, 3.63) is 46.7 Å². The summed E-state index contributed by atoms with van der Waals surface area (Å²) in [4.78, 5) is 17.1. The van der Waals surface area contributed by atoms with Crippen molar-refractivity contribution < 1.29 is 14.3 Å². The summed E-state index contributed by atoms with van der Waals surface area (Å²) in [5.41, 5.74) is 0. The highest BCUT2D eigenvalue weighted by Gasteiger charge is 2.22. The van der Waals surface area contributed by atoms with Crippen molar-refractivity contribution in [1.82, 2.24) is 30.5 Å². The number of ether oxygens (including phenoxy) is 2. The maximum Gasteiger partial charge on any atom is 0.279 e. The second kappa shape index (κ2) is 9.88. The standard InChI is InChI=1S/C20H21ClN6O3S/c1-13(24-19(28)10-27-12-23-25-26-27)2-6-16-9-22-20(31-16)30-18-7-5-15(8-17(18)21)29-11-14-3-4-14/h2,5-9,12-14H,3-4,10-11H2,1H3,(H,24,28)/t13-/m0/s1. The van der Waals surface area contributed by atoms with Gasteiger partial charge in [-0.1, -0.05) is 29.0 Å². The summed E-state index contributed by atoms with van der Waals surface area (Å²) in [5, 5.41) is 14.5. The van der Waals surface area contributed by atoms with Crippen LogP contribution in [0.2, 0.25) is 5.02 Å². The number of carbonyl (C=O) groups excluding carboxylic acids is 1. The van der Waals surface area contributed by atoms with E-state index in [1.807, 2.05) is 25.1 Å². The normalized spacial score (nSPS) is 14.5. The lowest BCUT2D eigenvalue weighted by atomic mass is 10.3. The third-order valence-corrected chi connectivity index (χ3v) is 5.56. The lowest BCUT2D eigenvalue weighted by Crippen LogP contribution is -2.34. The maximum absolute atomic E-state index is 12.0. The summed E-state index contributed by atoms with van der Waals surface area (Å²) in [6, 6.07) is 5.21. The molecule has 0 unspecified atom stereocenters. The summed E-state index contributed by atoms with van der Waals surface area (Å²) in [7, 11) is 0. The second-order valence-electron chi connectivity index (χ2n) is 7.20. The summed E-state index contributed by atoms with van der Waals surface area (Å²) in [6.45, 7) is 2.67. The SMILES string of the molecule is C[C@@H](C=Cc1cnc(Oc2ccc(OCC3CC3)cc2Cl)s1)NC(=O)Cn1cnnn1. The Morgan fingerprint density at radius 1 is 1.45 bits per heavy atom. The van der Waals surface area contributed by atoms with E-state index in [0.29, 0.717) is 21.9 Å². The van der Waals surface area contributed by atoms with E-state index < -0.39 is 0 Å². The van der Waals surface area contributed by atoms with Crippen molar-refractivity contribution >= 4 is 34.9 Å². The lowest BCUT2D eigenvalue weighted by Gasteiger charge is -2.09. The van der Waals surface area contributed by atoms with Gasteiger partial charge in [0.25, 0.3) is 5.19 Å². The van der Waals surface area contributed by atoms with Gasteiger partial charge in [-0.15, -0.1) is 5.10 Å². The van der Waals surface area contributed by atoms with Gasteiger partial charge in [-0.2, -0.15) is 0 Å². The molecule has 0 saturated heterocycles. The molecule has 2 aromatic heterocycles. The third-order valence-electron chi connectivity index (χ3n) is 4.42. The average molecular weight is 461 g/mol. The zero-order chi connectivity index (χ0) is 21.6. The van der Waals surface area contributed by atoms with E-state index in [0.717, 1.165) is 17.2 Å². The van der Waals surface area contributed by atoms with Gasteiger partial charge in [0.2, 0.25) is 5.91 Å². The van der Waals surface area contributed by atoms with Gasteiger partial charge in [-0.25, -0.2) is 9.67 Å². The number of benzene rings is 1. The Morgan fingerprint density at radius 2 is 2.32 bits per heavy atom. The molecule has 1 fully saturated rings. The number of rotatable bonds is 10. The first-order valence-corrected chi connectivity index (χ1v) is 11.0. The van der Waals surface area contributed by atoms with Crippen LogP contribution in [0.25, 0.3) is 6.08 Å². The van der Waals surface area contributed by atoms with Crippen LogP contribution in [0.4, 0.5) is 0 Å². The molecule has 3 aromatic rings. The summed E-state index contributed by atoms with van der Waals surface area (Å²) < 4.78 is 12.9. The van der Waals surface area contributed by atoms with Crippen LogP contribution in [0.15, 0.2) is 36.8 Å². The van der Waals surface area contributed by atoms with Gasteiger partial charge in [0.15, 0.2) is 0 Å². The highest BCUT2D eigenvalue weighted by molar-refractivity contribution is 7.14. The number of hydrogen-bond acceptors (Lipinski definition) is 8. The number of tetrazole rings is 1. The van der Waals surface area contributed by atoms with E-state index in [4.69, 9.17) is 21.1 Å². The number of hydrogen-bond donors (Lipinski definition) is 1. The van der Waals surface area contributed by atoms with Gasteiger partial charge in [-0.3, -0.25) is 4.79 Å². The average Bonchev–Trinajstić information content (AvgIpc) is 3.22. The molecule has 9 nitrogen and oxygen atoms in total. The fourth-order valence-electron chi connectivity index (χ4n) is 2.63. The monoisotopic (exact) mass is 460 g/mol. The molecule has 0 aliphatic heterocycles. The van der Waals surface area contributed by atoms with E-state index in [9.17, 15) is 4.79 Å². The van der Waals surface area contributed by atoms with Crippen molar-refractivity contribution in [2.24, 2.45) is 5.92 Å². The predicted molar refractivity (Wildman–Crippen MR) is 116 cm³/mol. The molecule has 31 heavy (non-hydrogen) atoms. The molecule has 162 valence electrons. The van der Waals surface area contributed by atoms with Gasteiger partial charge in [0.1, 0.15) is 24.4 Å². The fraction of sp³-hybridized carbons (Fsp3) is 0.350. The molecular weight excluding hydrogens is 440 g/mol. The van der Waals surface area contributed by atoms with Crippen molar-refractivity contribution in [2.75, 3.05) is 6.61 Å². The van der Waals surface area contributed by atoms with Crippen molar-refractivity contribution in [3.8, 4) is 16.7 Å². The highest BCUT2D eigenvalue weighted by Crippen LogP contribution is 2.35. The minimum atomic E-state index is -0.183. The van der Waals surface area contributed by atoms with Gasteiger partial charge in [0.05, 0.1) is 16.5 Å². The summed E-state index contributed by atoms with van der Waals surface area (Å²) >= 11 is 7.70. The van der Waals surface area contributed by atoms with Gasteiger partial charge in [0, 0.05) is 18.3 Å². The van der Waals surface area contributed by atoms with Crippen LogP contribution in [0.5, 0.6) is 16.7 Å². The highest BCUT2D eigenvalue weighted by atomic mass is 35.5. The molecule has 11 heteroatoms. The Kier molecular flexibility index (Phi) is 6.78. The predicted octanol–water partition coefficient (Wildman–Crippen LogP) is 3.58. The molecule has 1 aliphatic rings. The maximum atomic E-state index is 12.0. The summed E-state index contributed by atoms with van der Waals surface area (Å²) in [5.74, 6) is 1.76. The first kappa shape index (κ1) is 21.3. The molecular formula is C20H21ClN6O3S. The number of nitrogens with zero attached hydrogens (tertiary/aromatic N) is 5. The van der Waals surface area contributed by atoms with Crippen molar-refractivity contribution in [3.63, 3.8) is 0 Å². The van der Waals surface area contributed by atoms with Crippen LogP contribution >= 0.6 is 22.9 Å². The minimum absolute atomic E-state index is 0.0644. The minimum Gasteiger partial charge on any atom is -0.493 e. The van der Waals surface area contributed by atoms with E-state index in [2.05, 4.69) is 25.8 Å². The van der Waals surface area contributed by atoms with Crippen LogP contribution in [0.1, 0.15) is 24.6 Å². The van der Waals surface area contributed by atoms with Crippen LogP contribution < -0.4 is 14.8 Å². The topological polar surface area (TPSA) is 104 Å². The molecule has 0 bridgehead atoms. The number of carbonyl (C=O) groups is 1. The Balaban J connectivity index is 1.28. The molecule has 1 amide bonds. The number of thiazole rings is 1. The molecule has 1 aliphatic carbocycles. The zero-order valence-electron chi connectivity index (χ0n) is 16.8. The number of halogens is 1. The van der Waals surface area contributed by atoms with Crippen LogP contribution in [-0.4, -0.2) is 43.7 Å². The van der Waals surface area contributed by atoms with Gasteiger partial charge in [-0.05, 0) is 54.3 Å². The Bertz CT molecular complexity index is 1050. The smallest absolute Gasteiger partial charge is 0.279 e. The van der Waals surface area contributed by atoms with Crippen molar-refractivity contribution in [1.29, 1.82) is 0 Å². The fourth-order valence-corrected chi connectivity index (χ4v) is 3.53. The lowest BCUT2D eigenvalue weighted by molar-refractivity contribution is -0.122. The van der Waals surface area contributed by atoms with Gasteiger partial charge < -0.3 is 14.8 Å². The second-order valence-corrected chi connectivity index (χ2v) is 8.63. The number of aromatic nitrogens is 5. The van der Waals surface area contributed by atoms with E-state index in [1.54, 1.807) is 18.3 Å². The van der Waals surface area contributed by atoms with Crippen LogP contribution in [-0.2, 0) is 11.3 Å². The van der Waals surface area contributed by atoms with E-state index in [-0.39, 0.29) is 18.5 Å². The van der Waals surface area contributed by atoms with Gasteiger partial charge >= 0.3 is 0 Å². The third kappa shape index (κ3) is 6.50. The van der Waals surface area contributed by atoms with Crippen LogP contribution in [0.3, 0.4) is 0 Å². The van der Waals surface area contributed by atoms with Crippen LogP contribution in [0, 0.1) is 5.92 Å². The summed E-state index contributed by atoms with van der Waals surface area (Å²) in [6.07, 6.45) is 9.31. The zero-order valence-corrected chi connectivity index (χ0v) is 18.3. The molecule has 1 N–H and O–H groups in total. The molecule has 1 atom stereocenters. The quantitative estimate of drug-likeness (QED) is 0.493. The molecule has 1 saturated carbocycles. The molecule has 0 spiro atoms. The van der Waals surface area contributed by atoms with Crippen molar-refractivity contribution in [2.45, 2.75) is 32.4 Å². The largest absolute Gasteiger partial charge is 0.493 e. The first-order chi connectivity index (χ1) is 15.0. The molecule has 2 heterocycles. The number of amides is 1. The van der Waals surface area contributed by atoms with E-state index >= 15 is 0 Å². The molecule has 1 aromatic carbocycles.